The number of sulfonamides is 1. The molecule has 2 aliphatic heterocycles. The summed E-state index contributed by atoms with van der Waals surface area (Å²) in [5.74, 6) is 0. The van der Waals surface area contributed by atoms with Crippen LogP contribution in [0.3, 0.4) is 0 Å². The largest absolute Gasteiger partial charge is 0.392 e. The van der Waals surface area contributed by atoms with E-state index in [4.69, 9.17) is 0 Å². The third-order valence-electron chi connectivity index (χ3n) is 4.49. The van der Waals surface area contributed by atoms with Gasteiger partial charge >= 0.3 is 0 Å². The van der Waals surface area contributed by atoms with Gasteiger partial charge in [-0.1, -0.05) is 12.1 Å². The molecule has 1 N–H and O–H groups in total. The van der Waals surface area contributed by atoms with Crippen LogP contribution in [0.5, 0.6) is 0 Å². The molecule has 0 aliphatic carbocycles. The first-order valence-corrected chi connectivity index (χ1v) is 8.99. The summed E-state index contributed by atoms with van der Waals surface area (Å²) in [5.41, 5.74) is 0.633. The van der Waals surface area contributed by atoms with Gasteiger partial charge < -0.3 is 5.11 Å². The molecular weight excluding hydrogens is 288 g/mol. The Kier molecular flexibility index (Phi) is 4.31. The normalized spacial score (nSPS) is 24.7. The minimum atomic E-state index is -3.46. The molecule has 1 unspecified atom stereocenters. The molecule has 0 amide bonds. The third kappa shape index (κ3) is 2.99. The van der Waals surface area contributed by atoms with E-state index in [-0.39, 0.29) is 6.61 Å². The molecule has 0 aromatic heterocycles. The summed E-state index contributed by atoms with van der Waals surface area (Å²) in [4.78, 5) is 2.71. The van der Waals surface area contributed by atoms with Crippen LogP contribution in [0.2, 0.25) is 0 Å². The van der Waals surface area contributed by atoms with E-state index in [1.165, 1.54) is 6.42 Å². The van der Waals surface area contributed by atoms with Crippen molar-refractivity contribution in [2.24, 2.45) is 0 Å². The molecule has 5 nitrogen and oxygen atoms in total. The molecule has 2 fully saturated rings. The summed E-state index contributed by atoms with van der Waals surface area (Å²) in [7, 11) is -3.46. The molecule has 21 heavy (non-hydrogen) atoms. The number of aliphatic hydroxyl groups is 1. The van der Waals surface area contributed by atoms with Crippen LogP contribution in [-0.2, 0) is 16.6 Å². The van der Waals surface area contributed by atoms with E-state index >= 15 is 0 Å². The molecule has 2 saturated heterocycles. The van der Waals surface area contributed by atoms with Crippen LogP contribution in [0.25, 0.3) is 0 Å². The molecule has 1 atom stereocenters. The summed E-state index contributed by atoms with van der Waals surface area (Å²) < 4.78 is 27.3. The van der Waals surface area contributed by atoms with Crippen molar-refractivity contribution in [1.82, 2.24) is 9.21 Å². The summed E-state index contributed by atoms with van der Waals surface area (Å²) in [6.07, 6.45) is 3.14. The average molecular weight is 310 g/mol. The first-order valence-electron chi connectivity index (χ1n) is 7.55. The average Bonchev–Trinajstić information content (AvgIpc) is 2.84. The van der Waals surface area contributed by atoms with E-state index in [0.717, 1.165) is 25.9 Å². The van der Waals surface area contributed by atoms with Gasteiger partial charge in [0.1, 0.15) is 0 Å². The highest BCUT2D eigenvalue weighted by molar-refractivity contribution is 7.89. The Labute approximate surface area is 126 Å². The van der Waals surface area contributed by atoms with E-state index in [9.17, 15) is 13.5 Å². The second kappa shape index (κ2) is 6.04. The maximum Gasteiger partial charge on any atom is 0.243 e. The van der Waals surface area contributed by atoms with Crippen molar-refractivity contribution in [1.29, 1.82) is 0 Å². The Morgan fingerprint density at radius 3 is 2.81 bits per heavy atom. The Bertz CT molecular complexity index is 603. The van der Waals surface area contributed by atoms with Crippen molar-refractivity contribution in [2.75, 3.05) is 26.2 Å². The van der Waals surface area contributed by atoms with Crippen molar-refractivity contribution < 1.29 is 13.5 Å². The molecule has 2 aliphatic rings. The second-order valence-electron chi connectivity index (χ2n) is 5.85. The fourth-order valence-corrected chi connectivity index (χ4v) is 4.93. The van der Waals surface area contributed by atoms with Crippen LogP contribution in [0.1, 0.15) is 24.8 Å². The van der Waals surface area contributed by atoms with Crippen LogP contribution < -0.4 is 0 Å². The lowest BCUT2D eigenvalue weighted by Gasteiger charge is -2.25. The van der Waals surface area contributed by atoms with Crippen LogP contribution in [-0.4, -0.2) is 55.0 Å². The number of aliphatic hydroxyl groups excluding tert-OH is 1. The Morgan fingerprint density at radius 1 is 1.19 bits per heavy atom. The molecule has 1 aromatic carbocycles. The van der Waals surface area contributed by atoms with Gasteiger partial charge in [0.15, 0.2) is 0 Å². The van der Waals surface area contributed by atoms with Crippen LogP contribution in [0.4, 0.5) is 0 Å². The minimum Gasteiger partial charge on any atom is -0.392 e. The number of fused-ring (bicyclic) bond motifs is 1. The minimum absolute atomic E-state index is 0.139. The maximum absolute atomic E-state index is 12.8. The summed E-state index contributed by atoms with van der Waals surface area (Å²) >= 11 is 0. The van der Waals surface area contributed by atoms with E-state index in [0.29, 0.717) is 29.6 Å². The van der Waals surface area contributed by atoms with E-state index in [2.05, 4.69) is 4.90 Å². The van der Waals surface area contributed by atoms with Gasteiger partial charge in [0, 0.05) is 19.1 Å². The highest BCUT2D eigenvalue weighted by atomic mass is 32.2. The van der Waals surface area contributed by atoms with E-state index in [1.54, 1.807) is 28.6 Å². The lowest BCUT2D eigenvalue weighted by atomic mass is 10.2. The number of benzene rings is 1. The van der Waals surface area contributed by atoms with Crippen LogP contribution in [0.15, 0.2) is 29.2 Å². The molecule has 1 aromatic rings. The first kappa shape index (κ1) is 15.0. The fourth-order valence-electron chi connectivity index (χ4n) is 3.34. The van der Waals surface area contributed by atoms with E-state index in [1.807, 2.05) is 0 Å². The molecule has 6 heteroatoms. The Hall–Kier alpha value is -0.950. The second-order valence-corrected chi connectivity index (χ2v) is 7.79. The highest BCUT2D eigenvalue weighted by Crippen LogP contribution is 2.25. The Morgan fingerprint density at radius 2 is 2.00 bits per heavy atom. The SMILES string of the molecule is O=S(=O)(c1cccc(CO)c1)N1CCCN2CCCC2C1. The zero-order valence-corrected chi connectivity index (χ0v) is 12.9. The monoisotopic (exact) mass is 310 g/mol. The van der Waals surface area contributed by atoms with Gasteiger partial charge in [0.05, 0.1) is 11.5 Å². The number of hydrogen-bond acceptors (Lipinski definition) is 4. The predicted octanol–water partition coefficient (Wildman–Crippen LogP) is 1.04. The number of rotatable bonds is 3. The molecule has 3 rings (SSSR count). The van der Waals surface area contributed by atoms with Crippen LogP contribution >= 0.6 is 0 Å². The van der Waals surface area contributed by atoms with Gasteiger partial charge in [-0.3, -0.25) is 4.90 Å². The summed E-state index contributed by atoms with van der Waals surface area (Å²) in [6, 6.07) is 6.99. The van der Waals surface area contributed by atoms with Gasteiger partial charge in [-0.2, -0.15) is 4.31 Å². The van der Waals surface area contributed by atoms with Crippen molar-refractivity contribution in [2.45, 2.75) is 36.8 Å². The lowest BCUT2D eigenvalue weighted by molar-refractivity contribution is 0.257. The fraction of sp³-hybridized carbons (Fsp3) is 0.600. The van der Waals surface area contributed by atoms with Gasteiger partial charge in [0.2, 0.25) is 10.0 Å². The topological polar surface area (TPSA) is 60.9 Å². The zero-order chi connectivity index (χ0) is 14.9. The third-order valence-corrected chi connectivity index (χ3v) is 6.35. The molecule has 116 valence electrons. The molecule has 0 saturated carbocycles. The number of nitrogens with zero attached hydrogens (tertiary/aromatic N) is 2. The standard InChI is InChI=1S/C15H22N2O3S/c18-12-13-4-1-6-15(10-13)21(19,20)17-9-3-8-16-7-2-5-14(16)11-17/h1,4,6,10,14,18H,2-3,5,7-9,11-12H2. The number of hydrogen-bond donors (Lipinski definition) is 1. The molecular formula is C15H22N2O3S. The van der Waals surface area contributed by atoms with Gasteiger partial charge in [0.25, 0.3) is 0 Å². The predicted molar refractivity (Wildman–Crippen MR) is 80.3 cm³/mol. The first-order chi connectivity index (χ1) is 10.1. The summed E-state index contributed by atoms with van der Waals surface area (Å²) in [5, 5.41) is 9.19. The molecule has 2 heterocycles. The quantitative estimate of drug-likeness (QED) is 0.906. The van der Waals surface area contributed by atoms with Crippen LogP contribution in [0, 0.1) is 0 Å². The lowest BCUT2D eigenvalue weighted by Crippen LogP contribution is -2.39. The maximum atomic E-state index is 12.8. The van der Waals surface area contributed by atoms with Crippen molar-refractivity contribution in [3.8, 4) is 0 Å². The molecule has 0 spiro atoms. The van der Waals surface area contributed by atoms with E-state index < -0.39 is 10.0 Å². The van der Waals surface area contributed by atoms with Crippen molar-refractivity contribution in [3.63, 3.8) is 0 Å². The highest BCUT2D eigenvalue weighted by Gasteiger charge is 2.34. The van der Waals surface area contributed by atoms with Crippen molar-refractivity contribution >= 4 is 10.0 Å². The van der Waals surface area contributed by atoms with Gasteiger partial charge in [-0.15, -0.1) is 0 Å². The molecule has 0 bridgehead atoms. The smallest absolute Gasteiger partial charge is 0.243 e. The van der Waals surface area contributed by atoms with Crippen molar-refractivity contribution in [3.05, 3.63) is 29.8 Å². The molecule has 0 radical (unpaired) electrons. The van der Waals surface area contributed by atoms with Gasteiger partial charge in [-0.05, 0) is 50.0 Å². The zero-order valence-electron chi connectivity index (χ0n) is 12.1. The summed E-state index contributed by atoms with van der Waals surface area (Å²) in [6.45, 7) is 3.12. The van der Waals surface area contributed by atoms with Gasteiger partial charge in [-0.25, -0.2) is 8.42 Å². The Balaban J connectivity index is 1.86.